The number of amides is 1. The van der Waals surface area contributed by atoms with Gasteiger partial charge in [0.05, 0.1) is 24.7 Å². The third kappa shape index (κ3) is 2.47. The standard InChI is InChI=1S/C12H15N5O4/c13-9-8-6(11(19)20)5-7(18)14-10(8)16-12(15-9)17-1-3-21-4-2-17/h6H,1-5H2,(H,19,20)(H3,13,14,15,16,18)/t6-/m0/s1. The van der Waals surface area contributed by atoms with E-state index in [1.54, 1.807) is 0 Å². The Morgan fingerprint density at radius 1 is 1.38 bits per heavy atom. The first kappa shape index (κ1) is 13.6. The van der Waals surface area contributed by atoms with Crippen LogP contribution in [-0.4, -0.2) is 53.3 Å². The average molecular weight is 293 g/mol. The second kappa shape index (κ2) is 5.17. The van der Waals surface area contributed by atoms with Gasteiger partial charge in [0.1, 0.15) is 11.6 Å². The Balaban J connectivity index is 2.01. The number of nitrogens with two attached hydrogens (primary N) is 1. The van der Waals surface area contributed by atoms with Gasteiger partial charge in [-0.05, 0) is 0 Å². The highest BCUT2D eigenvalue weighted by molar-refractivity contribution is 6.00. The van der Waals surface area contributed by atoms with Crippen molar-refractivity contribution >= 4 is 29.5 Å². The molecule has 2 aliphatic heterocycles. The topological polar surface area (TPSA) is 131 Å². The van der Waals surface area contributed by atoms with Gasteiger partial charge in [0, 0.05) is 19.5 Å². The maximum Gasteiger partial charge on any atom is 0.311 e. The number of aliphatic carboxylic acids is 1. The SMILES string of the molecule is Nc1nc(N2CCOCC2)nc2c1[C@@H](C(=O)O)CC(=O)N2. The molecule has 9 nitrogen and oxygen atoms in total. The van der Waals surface area contributed by atoms with Gasteiger partial charge < -0.3 is 25.8 Å². The minimum atomic E-state index is -1.11. The van der Waals surface area contributed by atoms with E-state index in [-0.39, 0.29) is 29.5 Å². The molecule has 112 valence electrons. The Morgan fingerprint density at radius 2 is 2.10 bits per heavy atom. The van der Waals surface area contributed by atoms with Crippen molar-refractivity contribution in [2.75, 3.05) is 42.3 Å². The van der Waals surface area contributed by atoms with Crippen LogP contribution in [-0.2, 0) is 14.3 Å². The number of nitrogens with one attached hydrogen (secondary N) is 1. The molecule has 3 heterocycles. The molecule has 1 atom stereocenters. The maximum absolute atomic E-state index is 11.6. The van der Waals surface area contributed by atoms with Crippen LogP contribution in [0, 0.1) is 0 Å². The molecule has 3 rings (SSSR count). The highest BCUT2D eigenvalue weighted by atomic mass is 16.5. The van der Waals surface area contributed by atoms with Gasteiger partial charge in [-0.2, -0.15) is 9.97 Å². The Bertz CT molecular complexity index is 600. The summed E-state index contributed by atoms with van der Waals surface area (Å²) in [6, 6.07) is 0. The number of aromatic nitrogens is 2. The summed E-state index contributed by atoms with van der Waals surface area (Å²) in [5.74, 6) is -1.85. The molecular formula is C12H15N5O4. The van der Waals surface area contributed by atoms with E-state index in [2.05, 4.69) is 15.3 Å². The van der Waals surface area contributed by atoms with Crippen molar-refractivity contribution in [3.8, 4) is 0 Å². The summed E-state index contributed by atoms with van der Waals surface area (Å²) in [5.41, 5.74) is 6.18. The van der Waals surface area contributed by atoms with Crippen LogP contribution in [0.15, 0.2) is 0 Å². The fraction of sp³-hybridized carbons (Fsp3) is 0.500. The Hall–Kier alpha value is -2.42. The normalized spacial score (nSPS) is 21.6. The maximum atomic E-state index is 11.6. The molecule has 0 spiro atoms. The number of carbonyl (C=O) groups excluding carboxylic acids is 1. The minimum absolute atomic E-state index is 0.0916. The number of anilines is 3. The first-order chi connectivity index (χ1) is 10.1. The Kier molecular flexibility index (Phi) is 3.34. The minimum Gasteiger partial charge on any atom is -0.481 e. The molecule has 9 heteroatoms. The zero-order chi connectivity index (χ0) is 15.0. The van der Waals surface area contributed by atoms with E-state index >= 15 is 0 Å². The van der Waals surface area contributed by atoms with Gasteiger partial charge in [0.2, 0.25) is 11.9 Å². The Labute approximate surface area is 120 Å². The second-order valence-electron chi connectivity index (χ2n) is 4.91. The van der Waals surface area contributed by atoms with E-state index in [9.17, 15) is 14.7 Å². The number of carbonyl (C=O) groups is 2. The molecule has 0 aliphatic carbocycles. The van der Waals surface area contributed by atoms with E-state index in [1.165, 1.54) is 0 Å². The molecule has 4 N–H and O–H groups in total. The number of fused-ring (bicyclic) bond motifs is 1. The lowest BCUT2D eigenvalue weighted by molar-refractivity contribution is -0.140. The van der Waals surface area contributed by atoms with Gasteiger partial charge in [-0.15, -0.1) is 0 Å². The number of hydrogen-bond donors (Lipinski definition) is 3. The van der Waals surface area contributed by atoms with Crippen LogP contribution in [0.4, 0.5) is 17.6 Å². The number of morpholine rings is 1. The van der Waals surface area contributed by atoms with Crippen LogP contribution >= 0.6 is 0 Å². The lowest BCUT2D eigenvalue weighted by atomic mass is 9.93. The molecule has 0 unspecified atom stereocenters. The molecule has 1 amide bonds. The molecule has 1 fully saturated rings. The summed E-state index contributed by atoms with van der Waals surface area (Å²) in [4.78, 5) is 33.3. The van der Waals surface area contributed by atoms with Crippen molar-refractivity contribution in [3.63, 3.8) is 0 Å². The van der Waals surface area contributed by atoms with Crippen molar-refractivity contribution in [3.05, 3.63) is 5.56 Å². The van der Waals surface area contributed by atoms with E-state index in [1.807, 2.05) is 4.90 Å². The first-order valence-corrected chi connectivity index (χ1v) is 6.59. The van der Waals surface area contributed by atoms with Gasteiger partial charge in [-0.1, -0.05) is 0 Å². The second-order valence-corrected chi connectivity index (χ2v) is 4.91. The van der Waals surface area contributed by atoms with Gasteiger partial charge in [-0.3, -0.25) is 9.59 Å². The average Bonchev–Trinajstić information content (AvgIpc) is 2.46. The van der Waals surface area contributed by atoms with Crippen LogP contribution in [0.2, 0.25) is 0 Å². The fourth-order valence-electron chi connectivity index (χ4n) is 2.50. The van der Waals surface area contributed by atoms with Gasteiger partial charge in [-0.25, -0.2) is 0 Å². The lowest BCUT2D eigenvalue weighted by Crippen LogP contribution is -2.38. The van der Waals surface area contributed by atoms with Crippen LogP contribution in [0.5, 0.6) is 0 Å². The third-order valence-electron chi connectivity index (χ3n) is 3.55. The monoisotopic (exact) mass is 293 g/mol. The predicted molar refractivity (Wildman–Crippen MR) is 73.1 cm³/mol. The highest BCUT2D eigenvalue weighted by Crippen LogP contribution is 2.35. The number of carboxylic acids is 1. The largest absolute Gasteiger partial charge is 0.481 e. The summed E-state index contributed by atoms with van der Waals surface area (Å²) >= 11 is 0. The third-order valence-corrected chi connectivity index (χ3v) is 3.55. The lowest BCUT2D eigenvalue weighted by Gasteiger charge is -2.29. The molecule has 1 saturated heterocycles. The number of hydrogen-bond acceptors (Lipinski definition) is 7. The predicted octanol–water partition coefficient (Wildman–Crippen LogP) is -0.594. The van der Waals surface area contributed by atoms with Gasteiger partial charge in [0.15, 0.2) is 0 Å². The van der Waals surface area contributed by atoms with E-state index in [4.69, 9.17) is 10.5 Å². The van der Waals surface area contributed by atoms with Crippen molar-refractivity contribution in [1.29, 1.82) is 0 Å². The molecule has 2 aliphatic rings. The van der Waals surface area contributed by atoms with E-state index < -0.39 is 11.9 Å². The number of rotatable bonds is 2. The van der Waals surface area contributed by atoms with Crippen molar-refractivity contribution in [2.45, 2.75) is 12.3 Å². The molecule has 21 heavy (non-hydrogen) atoms. The molecule has 0 bridgehead atoms. The van der Waals surface area contributed by atoms with E-state index in [0.29, 0.717) is 32.3 Å². The number of carboxylic acid groups (broad SMARTS) is 1. The van der Waals surface area contributed by atoms with Gasteiger partial charge in [0.25, 0.3) is 0 Å². The molecule has 0 aromatic carbocycles. The number of ether oxygens (including phenoxy) is 1. The highest BCUT2D eigenvalue weighted by Gasteiger charge is 2.35. The summed E-state index contributed by atoms with van der Waals surface area (Å²) < 4.78 is 5.25. The van der Waals surface area contributed by atoms with Crippen LogP contribution in [0.3, 0.4) is 0 Å². The quantitative estimate of drug-likeness (QED) is 0.659. The van der Waals surface area contributed by atoms with E-state index in [0.717, 1.165) is 0 Å². The molecule has 1 aromatic rings. The zero-order valence-corrected chi connectivity index (χ0v) is 11.2. The van der Waals surface area contributed by atoms with Crippen molar-refractivity contribution in [1.82, 2.24) is 9.97 Å². The molecule has 0 saturated carbocycles. The number of nitrogens with zero attached hydrogens (tertiary/aromatic N) is 3. The smallest absolute Gasteiger partial charge is 0.311 e. The van der Waals surface area contributed by atoms with Crippen molar-refractivity contribution < 1.29 is 19.4 Å². The fourth-order valence-corrected chi connectivity index (χ4v) is 2.50. The summed E-state index contributed by atoms with van der Waals surface area (Å²) in [6.45, 7) is 2.36. The summed E-state index contributed by atoms with van der Waals surface area (Å²) in [6.07, 6.45) is -0.160. The summed E-state index contributed by atoms with van der Waals surface area (Å²) in [7, 11) is 0. The van der Waals surface area contributed by atoms with Crippen LogP contribution in [0.1, 0.15) is 17.9 Å². The first-order valence-electron chi connectivity index (χ1n) is 6.59. The molecular weight excluding hydrogens is 278 g/mol. The van der Waals surface area contributed by atoms with Crippen LogP contribution in [0.25, 0.3) is 0 Å². The zero-order valence-electron chi connectivity index (χ0n) is 11.2. The summed E-state index contributed by atoms with van der Waals surface area (Å²) in [5, 5.41) is 11.8. The molecule has 0 radical (unpaired) electrons. The van der Waals surface area contributed by atoms with Gasteiger partial charge >= 0.3 is 5.97 Å². The number of nitrogen functional groups attached to an aromatic ring is 1. The molecule has 1 aromatic heterocycles. The van der Waals surface area contributed by atoms with Crippen molar-refractivity contribution in [2.24, 2.45) is 0 Å². The van der Waals surface area contributed by atoms with Crippen LogP contribution < -0.4 is 16.0 Å². The Morgan fingerprint density at radius 3 is 2.76 bits per heavy atom.